The maximum Gasteiger partial charge on any atom is 0.261 e. The van der Waals surface area contributed by atoms with Crippen LogP contribution in [0.3, 0.4) is 0 Å². The van der Waals surface area contributed by atoms with Crippen LogP contribution in [0.2, 0.25) is 5.02 Å². The van der Waals surface area contributed by atoms with Gasteiger partial charge in [0.1, 0.15) is 0 Å². The Morgan fingerprint density at radius 3 is 2.94 bits per heavy atom. The molecule has 0 saturated heterocycles. The molecule has 5 heteroatoms. The highest BCUT2D eigenvalue weighted by molar-refractivity contribution is 8.13. The molecule has 1 heterocycles. The third-order valence-corrected chi connectivity index (χ3v) is 3.38. The number of carbonyl (C=O) groups excluding carboxylic acids is 1. The molecular formula is C11H11ClN2OS. The minimum absolute atomic E-state index is 0.0730. The third-order valence-electron chi connectivity index (χ3n) is 2.33. The first-order valence-corrected chi connectivity index (χ1v) is 6.49. The zero-order valence-corrected chi connectivity index (χ0v) is 10.4. The standard InChI is InChI=1S/C11H11ClN2OS/c1-16-11-13-6-7-14(11)10(15)8-4-2-3-5-9(8)12/h2-5H,6-7H2,1H3. The molecule has 1 aromatic carbocycles. The number of hydrogen-bond donors (Lipinski definition) is 0. The first-order chi connectivity index (χ1) is 7.74. The monoisotopic (exact) mass is 254 g/mol. The minimum atomic E-state index is -0.0730. The van der Waals surface area contributed by atoms with E-state index in [2.05, 4.69) is 4.99 Å². The molecule has 0 atom stereocenters. The highest BCUT2D eigenvalue weighted by Gasteiger charge is 2.25. The van der Waals surface area contributed by atoms with Crippen LogP contribution in [0.1, 0.15) is 10.4 Å². The van der Waals surface area contributed by atoms with Crippen molar-refractivity contribution in [3.8, 4) is 0 Å². The Labute approximate surface area is 103 Å². The topological polar surface area (TPSA) is 32.7 Å². The van der Waals surface area contributed by atoms with E-state index < -0.39 is 0 Å². The Kier molecular flexibility index (Phi) is 3.51. The van der Waals surface area contributed by atoms with Crippen molar-refractivity contribution >= 4 is 34.4 Å². The van der Waals surface area contributed by atoms with E-state index in [9.17, 15) is 4.79 Å². The predicted octanol–water partition coefficient (Wildman–Crippen LogP) is 2.51. The van der Waals surface area contributed by atoms with Crippen LogP contribution in [-0.2, 0) is 0 Å². The Balaban J connectivity index is 2.27. The van der Waals surface area contributed by atoms with Crippen LogP contribution < -0.4 is 0 Å². The van der Waals surface area contributed by atoms with Gasteiger partial charge < -0.3 is 0 Å². The summed E-state index contributed by atoms with van der Waals surface area (Å²) < 4.78 is 0. The lowest BCUT2D eigenvalue weighted by Gasteiger charge is -2.17. The molecule has 1 aliphatic rings. The normalized spacial score (nSPS) is 15.1. The van der Waals surface area contributed by atoms with Gasteiger partial charge in [-0.1, -0.05) is 35.5 Å². The number of amidine groups is 1. The molecule has 0 aliphatic carbocycles. The van der Waals surface area contributed by atoms with Gasteiger partial charge in [-0.25, -0.2) is 0 Å². The molecule has 0 N–H and O–H groups in total. The Bertz CT molecular complexity index is 447. The molecule has 1 amide bonds. The number of benzene rings is 1. The van der Waals surface area contributed by atoms with Crippen LogP contribution in [0.15, 0.2) is 29.3 Å². The number of rotatable bonds is 1. The van der Waals surface area contributed by atoms with Gasteiger partial charge in [0.25, 0.3) is 5.91 Å². The van der Waals surface area contributed by atoms with Gasteiger partial charge in [0.2, 0.25) is 0 Å². The summed E-state index contributed by atoms with van der Waals surface area (Å²) in [5.41, 5.74) is 0.535. The van der Waals surface area contributed by atoms with Crippen LogP contribution in [0.25, 0.3) is 0 Å². The molecule has 0 fully saturated rings. The van der Waals surface area contributed by atoms with Gasteiger partial charge in [-0.05, 0) is 18.4 Å². The summed E-state index contributed by atoms with van der Waals surface area (Å²) in [5.74, 6) is -0.0730. The second-order valence-electron chi connectivity index (χ2n) is 3.31. The van der Waals surface area contributed by atoms with Gasteiger partial charge in [0, 0.05) is 6.54 Å². The van der Waals surface area contributed by atoms with Crippen molar-refractivity contribution in [2.24, 2.45) is 4.99 Å². The van der Waals surface area contributed by atoms with E-state index in [0.717, 1.165) is 5.17 Å². The van der Waals surface area contributed by atoms with E-state index in [1.165, 1.54) is 11.8 Å². The Morgan fingerprint density at radius 2 is 2.25 bits per heavy atom. The second kappa shape index (κ2) is 4.89. The molecule has 0 saturated carbocycles. The maximum atomic E-state index is 12.2. The molecule has 0 bridgehead atoms. The lowest BCUT2D eigenvalue weighted by molar-refractivity contribution is 0.0861. The van der Waals surface area contributed by atoms with Gasteiger partial charge in [0.05, 0.1) is 17.1 Å². The average molecular weight is 255 g/mol. The fraction of sp³-hybridized carbons (Fsp3) is 0.273. The molecule has 0 radical (unpaired) electrons. The molecule has 0 unspecified atom stereocenters. The third kappa shape index (κ3) is 2.08. The zero-order valence-electron chi connectivity index (χ0n) is 8.81. The van der Waals surface area contributed by atoms with Gasteiger partial charge in [0.15, 0.2) is 5.17 Å². The molecule has 2 rings (SSSR count). The summed E-state index contributed by atoms with van der Waals surface area (Å²) >= 11 is 7.48. The van der Waals surface area contributed by atoms with Crippen molar-refractivity contribution in [3.05, 3.63) is 34.9 Å². The van der Waals surface area contributed by atoms with Crippen molar-refractivity contribution < 1.29 is 4.79 Å². The van der Waals surface area contributed by atoms with Crippen molar-refractivity contribution in [1.82, 2.24) is 4.90 Å². The van der Waals surface area contributed by atoms with E-state index >= 15 is 0 Å². The smallest absolute Gasteiger partial charge is 0.261 e. The number of thioether (sulfide) groups is 1. The van der Waals surface area contributed by atoms with Crippen LogP contribution in [-0.4, -0.2) is 35.3 Å². The van der Waals surface area contributed by atoms with Gasteiger partial charge in [-0.3, -0.25) is 14.7 Å². The molecule has 84 valence electrons. The molecule has 16 heavy (non-hydrogen) atoms. The average Bonchev–Trinajstić information content (AvgIpc) is 2.77. The van der Waals surface area contributed by atoms with Crippen LogP contribution >= 0.6 is 23.4 Å². The summed E-state index contributed by atoms with van der Waals surface area (Å²) in [7, 11) is 0. The predicted molar refractivity (Wildman–Crippen MR) is 68.3 cm³/mol. The van der Waals surface area contributed by atoms with E-state index in [-0.39, 0.29) is 5.91 Å². The molecule has 0 aromatic heterocycles. The van der Waals surface area contributed by atoms with E-state index in [1.807, 2.05) is 18.4 Å². The largest absolute Gasteiger partial charge is 0.286 e. The Hall–Kier alpha value is -1.00. The molecule has 0 spiro atoms. The highest BCUT2D eigenvalue weighted by Crippen LogP contribution is 2.20. The van der Waals surface area contributed by atoms with E-state index in [0.29, 0.717) is 23.7 Å². The van der Waals surface area contributed by atoms with Gasteiger partial charge in [-0.15, -0.1) is 0 Å². The summed E-state index contributed by atoms with van der Waals surface area (Å²) in [4.78, 5) is 18.1. The minimum Gasteiger partial charge on any atom is -0.286 e. The summed E-state index contributed by atoms with van der Waals surface area (Å²) in [6.45, 7) is 1.31. The van der Waals surface area contributed by atoms with Crippen LogP contribution in [0, 0.1) is 0 Å². The van der Waals surface area contributed by atoms with E-state index in [1.54, 1.807) is 17.0 Å². The highest BCUT2D eigenvalue weighted by atomic mass is 35.5. The fourth-order valence-corrected chi connectivity index (χ4v) is 2.40. The van der Waals surface area contributed by atoms with Crippen LogP contribution in [0.5, 0.6) is 0 Å². The quantitative estimate of drug-likeness (QED) is 0.772. The lowest BCUT2D eigenvalue weighted by atomic mass is 10.2. The molecule has 1 aromatic rings. The van der Waals surface area contributed by atoms with Crippen molar-refractivity contribution in [1.29, 1.82) is 0 Å². The van der Waals surface area contributed by atoms with Crippen molar-refractivity contribution in [2.45, 2.75) is 0 Å². The van der Waals surface area contributed by atoms with Gasteiger partial charge in [-0.2, -0.15) is 0 Å². The number of hydrogen-bond acceptors (Lipinski definition) is 3. The zero-order chi connectivity index (χ0) is 11.5. The fourth-order valence-electron chi connectivity index (χ4n) is 1.57. The number of nitrogens with zero attached hydrogens (tertiary/aromatic N) is 2. The van der Waals surface area contributed by atoms with Crippen LogP contribution in [0.4, 0.5) is 0 Å². The summed E-state index contributed by atoms with van der Waals surface area (Å²) in [6.07, 6.45) is 1.91. The van der Waals surface area contributed by atoms with E-state index in [4.69, 9.17) is 11.6 Å². The lowest BCUT2D eigenvalue weighted by Crippen LogP contribution is -2.32. The first-order valence-electron chi connectivity index (χ1n) is 4.89. The molecule has 1 aliphatic heterocycles. The number of halogens is 1. The van der Waals surface area contributed by atoms with Crippen molar-refractivity contribution in [3.63, 3.8) is 0 Å². The number of carbonyl (C=O) groups is 1. The second-order valence-corrected chi connectivity index (χ2v) is 4.49. The molecular weight excluding hydrogens is 244 g/mol. The summed E-state index contributed by atoms with van der Waals surface area (Å²) in [5, 5.41) is 1.25. The first kappa shape index (κ1) is 11.5. The number of aliphatic imine (C=N–C) groups is 1. The van der Waals surface area contributed by atoms with Crippen molar-refractivity contribution in [2.75, 3.05) is 19.3 Å². The maximum absolute atomic E-state index is 12.2. The number of amides is 1. The van der Waals surface area contributed by atoms with Gasteiger partial charge >= 0.3 is 0 Å². The SMILES string of the molecule is CSC1=NCCN1C(=O)c1ccccc1Cl. The summed E-state index contributed by atoms with van der Waals surface area (Å²) in [6, 6.07) is 7.08. The molecule has 3 nitrogen and oxygen atoms in total. The Morgan fingerprint density at radius 1 is 1.50 bits per heavy atom.